The number of aryl methyl sites for hydroxylation is 1. The Kier molecular flexibility index (Phi) is 3.97. The molecule has 0 fully saturated rings. The lowest BCUT2D eigenvalue weighted by Crippen LogP contribution is -2.04. The highest BCUT2D eigenvalue weighted by atomic mass is 35.5. The summed E-state index contributed by atoms with van der Waals surface area (Å²) in [6.07, 6.45) is 0.686. The van der Waals surface area contributed by atoms with Crippen molar-refractivity contribution in [2.45, 2.75) is 19.8 Å². The summed E-state index contributed by atoms with van der Waals surface area (Å²) >= 11 is 5.99. The number of benzene rings is 1. The van der Waals surface area contributed by atoms with E-state index in [1.807, 2.05) is 13.0 Å². The van der Waals surface area contributed by atoms with Crippen molar-refractivity contribution >= 4 is 17.6 Å². The predicted molar refractivity (Wildman–Crippen MR) is 58.7 cm³/mol. The van der Waals surface area contributed by atoms with Gasteiger partial charge in [0.25, 0.3) is 0 Å². The largest absolute Gasteiger partial charge is 0.497 e. The van der Waals surface area contributed by atoms with Gasteiger partial charge in [-0.15, -0.1) is 0 Å². The molecule has 1 rings (SSSR count). The van der Waals surface area contributed by atoms with Crippen LogP contribution in [0.2, 0.25) is 5.02 Å². The Morgan fingerprint density at radius 3 is 2.67 bits per heavy atom. The van der Waals surface area contributed by atoms with Gasteiger partial charge < -0.3 is 9.84 Å². The number of carboxylic acid groups (broad SMARTS) is 1. The Morgan fingerprint density at radius 2 is 2.20 bits per heavy atom. The van der Waals surface area contributed by atoms with Crippen LogP contribution in [0, 0.1) is 0 Å². The van der Waals surface area contributed by atoms with Crippen LogP contribution >= 0.6 is 11.6 Å². The van der Waals surface area contributed by atoms with Gasteiger partial charge in [0.1, 0.15) is 5.75 Å². The number of halogens is 1. The third kappa shape index (κ3) is 2.86. The zero-order valence-corrected chi connectivity index (χ0v) is 9.47. The van der Waals surface area contributed by atoms with Crippen LogP contribution in [-0.2, 0) is 17.6 Å². The van der Waals surface area contributed by atoms with Crippen molar-refractivity contribution in [1.29, 1.82) is 0 Å². The number of ether oxygens (including phenoxy) is 1. The second-order valence-electron chi connectivity index (χ2n) is 3.17. The van der Waals surface area contributed by atoms with Gasteiger partial charge in [0.05, 0.1) is 13.5 Å². The summed E-state index contributed by atoms with van der Waals surface area (Å²) in [7, 11) is 1.56. The minimum absolute atomic E-state index is 0.0496. The van der Waals surface area contributed by atoms with Crippen LogP contribution in [-0.4, -0.2) is 18.2 Å². The Bertz CT molecular complexity index is 374. The van der Waals surface area contributed by atoms with Crippen LogP contribution in [0.1, 0.15) is 18.1 Å². The van der Waals surface area contributed by atoms with E-state index in [9.17, 15) is 4.79 Å². The number of hydrogen-bond acceptors (Lipinski definition) is 2. The van der Waals surface area contributed by atoms with Gasteiger partial charge in [0.2, 0.25) is 0 Å². The molecule has 82 valence electrons. The summed E-state index contributed by atoms with van der Waals surface area (Å²) in [5, 5.41) is 9.20. The van der Waals surface area contributed by atoms with Crippen molar-refractivity contribution in [2.24, 2.45) is 0 Å². The quantitative estimate of drug-likeness (QED) is 0.862. The molecule has 0 aliphatic carbocycles. The first-order chi connectivity index (χ1) is 7.08. The fourth-order valence-corrected chi connectivity index (χ4v) is 1.74. The Balaban J connectivity index is 3.18. The molecular formula is C11H13ClO3. The average Bonchev–Trinajstić information content (AvgIpc) is 2.20. The Morgan fingerprint density at radius 1 is 1.53 bits per heavy atom. The second-order valence-corrected chi connectivity index (χ2v) is 3.58. The van der Waals surface area contributed by atoms with Crippen LogP contribution in [0.25, 0.3) is 0 Å². The monoisotopic (exact) mass is 228 g/mol. The molecule has 1 aromatic carbocycles. The first-order valence-electron chi connectivity index (χ1n) is 4.65. The number of hydrogen-bond donors (Lipinski definition) is 1. The number of aliphatic carboxylic acids is 1. The highest BCUT2D eigenvalue weighted by Crippen LogP contribution is 2.27. The van der Waals surface area contributed by atoms with E-state index in [4.69, 9.17) is 21.4 Å². The maximum absolute atomic E-state index is 10.7. The molecule has 1 N–H and O–H groups in total. The molecule has 0 saturated carbocycles. The average molecular weight is 229 g/mol. The van der Waals surface area contributed by atoms with E-state index < -0.39 is 5.97 Å². The number of carbonyl (C=O) groups is 1. The maximum atomic E-state index is 10.7. The second kappa shape index (κ2) is 5.03. The number of methoxy groups -OCH3 is 1. The maximum Gasteiger partial charge on any atom is 0.307 e. The van der Waals surface area contributed by atoms with Gasteiger partial charge in [-0.25, -0.2) is 0 Å². The molecule has 0 spiro atoms. The molecule has 0 heterocycles. The lowest BCUT2D eigenvalue weighted by Gasteiger charge is -2.10. The molecule has 3 nitrogen and oxygen atoms in total. The number of rotatable bonds is 4. The molecule has 0 aliphatic rings. The van der Waals surface area contributed by atoms with Gasteiger partial charge in [-0.3, -0.25) is 4.79 Å². The standard InChI is InChI=1S/C11H13ClO3/c1-3-7-4-8(15-2)5-10(12)9(7)6-11(13)14/h4-5H,3,6H2,1-2H3,(H,13,14). The summed E-state index contributed by atoms with van der Waals surface area (Å²) in [5.41, 5.74) is 1.59. The van der Waals surface area contributed by atoms with Crippen molar-refractivity contribution in [3.05, 3.63) is 28.3 Å². The molecule has 4 heteroatoms. The fourth-order valence-electron chi connectivity index (χ4n) is 1.45. The van der Waals surface area contributed by atoms with Crippen molar-refractivity contribution in [3.8, 4) is 5.75 Å². The lowest BCUT2D eigenvalue weighted by molar-refractivity contribution is -0.136. The van der Waals surface area contributed by atoms with Crippen LogP contribution in [0.5, 0.6) is 5.75 Å². The minimum Gasteiger partial charge on any atom is -0.497 e. The van der Waals surface area contributed by atoms with Gasteiger partial charge in [-0.2, -0.15) is 0 Å². The normalized spacial score (nSPS) is 10.1. The third-order valence-corrected chi connectivity index (χ3v) is 2.54. The molecule has 1 aromatic rings. The topological polar surface area (TPSA) is 46.5 Å². The highest BCUT2D eigenvalue weighted by Gasteiger charge is 2.12. The van der Waals surface area contributed by atoms with Gasteiger partial charge >= 0.3 is 5.97 Å². The predicted octanol–water partition coefficient (Wildman–Crippen LogP) is 2.54. The zero-order chi connectivity index (χ0) is 11.4. The molecule has 0 bridgehead atoms. The van der Waals surface area contributed by atoms with Gasteiger partial charge in [0.15, 0.2) is 0 Å². The van der Waals surface area contributed by atoms with Crippen LogP contribution in [0.3, 0.4) is 0 Å². The highest BCUT2D eigenvalue weighted by molar-refractivity contribution is 6.31. The molecule has 15 heavy (non-hydrogen) atoms. The van der Waals surface area contributed by atoms with E-state index in [0.29, 0.717) is 16.3 Å². The molecule has 0 amide bonds. The number of carboxylic acids is 1. The summed E-state index contributed by atoms with van der Waals surface area (Å²) in [6, 6.07) is 3.46. The Labute approximate surface area is 93.6 Å². The lowest BCUT2D eigenvalue weighted by atomic mass is 10.0. The van der Waals surface area contributed by atoms with Crippen LogP contribution < -0.4 is 4.74 Å². The van der Waals surface area contributed by atoms with Crippen LogP contribution in [0.4, 0.5) is 0 Å². The smallest absolute Gasteiger partial charge is 0.307 e. The molecule has 0 unspecified atom stereocenters. The van der Waals surface area contributed by atoms with Crippen molar-refractivity contribution in [3.63, 3.8) is 0 Å². The molecule has 0 atom stereocenters. The molecule has 0 saturated heterocycles. The molecule has 0 aromatic heterocycles. The van der Waals surface area contributed by atoms with Gasteiger partial charge in [-0.1, -0.05) is 18.5 Å². The van der Waals surface area contributed by atoms with E-state index >= 15 is 0 Å². The summed E-state index contributed by atoms with van der Waals surface area (Å²) < 4.78 is 5.07. The van der Waals surface area contributed by atoms with E-state index in [0.717, 1.165) is 12.0 Å². The van der Waals surface area contributed by atoms with Gasteiger partial charge in [0, 0.05) is 5.02 Å². The molecular weight excluding hydrogens is 216 g/mol. The minimum atomic E-state index is -0.878. The zero-order valence-electron chi connectivity index (χ0n) is 8.71. The van der Waals surface area contributed by atoms with E-state index in [2.05, 4.69) is 0 Å². The fraction of sp³-hybridized carbons (Fsp3) is 0.364. The summed E-state index contributed by atoms with van der Waals surface area (Å²) in [4.78, 5) is 10.7. The SMILES string of the molecule is CCc1cc(OC)cc(Cl)c1CC(=O)O. The first-order valence-corrected chi connectivity index (χ1v) is 5.03. The van der Waals surface area contributed by atoms with E-state index in [1.165, 1.54) is 0 Å². The van der Waals surface area contributed by atoms with E-state index in [-0.39, 0.29) is 6.42 Å². The third-order valence-electron chi connectivity index (χ3n) is 2.21. The summed E-state index contributed by atoms with van der Waals surface area (Å²) in [6.45, 7) is 1.95. The Hall–Kier alpha value is -1.22. The van der Waals surface area contributed by atoms with Crippen molar-refractivity contribution < 1.29 is 14.6 Å². The van der Waals surface area contributed by atoms with Crippen molar-refractivity contribution in [1.82, 2.24) is 0 Å². The van der Waals surface area contributed by atoms with E-state index in [1.54, 1.807) is 13.2 Å². The summed E-state index contributed by atoms with van der Waals surface area (Å²) in [5.74, 6) is -0.220. The molecule has 0 aliphatic heterocycles. The van der Waals surface area contributed by atoms with Crippen molar-refractivity contribution in [2.75, 3.05) is 7.11 Å². The molecule has 0 radical (unpaired) electrons. The van der Waals surface area contributed by atoms with Crippen LogP contribution in [0.15, 0.2) is 12.1 Å². The first kappa shape index (κ1) is 11.9. The van der Waals surface area contributed by atoms with Gasteiger partial charge in [-0.05, 0) is 29.7 Å².